The number of ether oxygens (including phenoxy) is 1. The van der Waals surface area contributed by atoms with Gasteiger partial charge in [-0.15, -0.1) is 0 Å². The van der Waals surface area contributed by atoms with Crippen LogP contribution in [0.3, 0.4) is 0 Å². The van der Waals surface area contributed by atoms with Crippen molar-refractivity contribution in [1.82, 2.24) is 0 Å². The van der Waals surface area contributed by atoms with Gasteiger partial charge < -0.3 is 9.64 Å². The zero-order valence-electron chi connectivity index (χ0n) is 9.93. The van der Waals surface area contributed by atoms with Gasteiger partial charge >= 0.3 is 0 Å². The first-order chi connectivity index (χ1) is 8.17. The zero-order valence-corrected chi connectivity index (χ0v) is 9.93. The number of carbonyl (C=O) groups excluding carboxylic acids is 1. The highest BCUT2D eigenvalue weighted by Gasteiger charge is 2.23. The van der Waals surface area contributed by atoms with Crippen molar-refractivity contribution in [3.8, 4) is 11.8 Å². The molecule has 2 rings (SSSR count). The maximum absolute atomic E-state index is 11.4. The van der Waals surface area contributed by atoms with Crippen molar-refractivity contribution in [3.63, 3.8) is 0 Å². The Kier molecular flexibility index (Phi) is 3.01. The molecule has 4 heteroatoms. The van der Waals surface area contributed by atoms with E-state index in [0.29, 0.717) is 5.75 Å². The molecule has 0 spiro atoms. The molecule has 0 aromatic heterocycles. The molecule has 4 nitrogen and oxygen atoms in total. The summed E-state index contributed by atoms with van der Waals surface area (Å²) >= 11 is 0. The summed E-state index contributed by atoms with van der Waals surface area (Å²) in [5, 5.41) is 9.02. The molecule has 0 fully saturated rings. The van der Waals surface area contributed by atoms with E-state index in [2.05, 4.69) is 6.07 Å². The molecule has 1 atom stereocenters. The number of hydrogen-bond acceptors (Lipinski definition) is 3. The Hall–Kier alpha value is -2.02. The molecular formula is C13H14N2O2. The SMILES string of the molecule is CCC(C#N)c1ccc2c(c1)OCC(=O)N2C. The third-order valence-electron chi connectivity index (χ3n) is 3.04. The van der Waals surface area contributed by atoms with Gasteiger partial charge in [-0.05, 0) is 24.1 Å². The van der Waals surface area contributed by atoms with Gasteiger partial charge in [-0.1, -0.05) is 13.0 Å². The van der Waals surface area contributed by atoms with E-state index in [1.54, 1.807) is 11.9 Å². The molecule has 0 radical (unpaired) electrons. The first-order valence-electron chi connectivity index (χ1n) is 5.60. The summed E-state index contributed by atoms with van der Waals surface area (Å²) in [4.78, 5) is 13.0. The Morgan fingerprint density at radius 3 is 3.00 bits per heavy atom. The van der Waals surface area contributed by atoms with Crippen LogP contribution >= 0.6 is 0 Å². The van der Waals surface area contributed by atoms with E-state index in [0.717, 1.165) is 17.7 Å². The third-order valence-corrected chi connectivity index (χ3v) is 3.04. The molecule has 1 aromatic carbocycles. The van der Waals surface area contributed by atoms with Gasteiger partial charge in [-0.25, -0.2) is 0 Å². The van der Waals surface area contributed by atoms with Crippen LogP contribution in [0, 0.1) is 11.3 Å². The number of amides is 1. The number of nitrogens with zero attached hydrogens (tertiary/aromatic N) is 2. The molecule has 1 aliphatic heterocycles. The van der Waals surface area contributed by atoms with E-state index in [1.165, 1.54) is 0 Å². The molecule has 0 bridgehead atoms. The monoisotopic (exact) mass is 230 g/mol. The van der Waals surface area contributed by atoms with Crippen LogP contribution in [0.25, 0.3) is 0 Å². The number of likely N-dealkylation sites (N-methyl/N-ethyl adjacent to an activating group) is 1. The van der Waals surface area contributed by atoms with Crippen molar-refractivity contribution in [1.29, 1.82) is 5.26 Å². The Morgan fingerprint density at radius 2 is 2.35 bits per heavy atom. The molecule has 1 amide bonds. The van der Waals surface area contributed by atoms with E-state index >= 15 is 0 Å². The minimum Gasteiger partial charge on any atom is -0.482 e. The van der Waals surface area contributed by atoms with E-state index < -0.39 is 0 Å². The number of anilines is 1. The Bertz CT molecular complexity index is 491. The number of hydrogen-bond donors (Lipinski definition) is 0. The Morgan fingerprint density at radius 1 is 1.59 bits per heavy atom. The molecular weight excluding hydrogens is 216 g/mol. The van der Waals surface area contributed by atoms with Crippen molar-refractivity contribution in [2.24, 2.45) is 0 Å². The lowest BCUT2D eigenvalue weighted by Gasteiger charge is -2.26. The van der Waals surface area contributed by atoms with Crippen molar-refractivity contribution < 1.29 is 9.53 Å². The van der Waals surface area contributed by atoms with Gasteiger partial charge in [0.05, 0.1) is 17.7 Å². The van der Waals surface area contributed by atoms with Crippen LogP contribution in [0.5, 0.6) is 5.75 Å². The molecule has 0 saturated carbocycles. The van der Waals surface area contributed by atoms with Gasteiger partial charge in [0.15, 0.2) is 6.61 Å². The first-order valence-corrected chi connectivity index (χ1v) is 5.60. The highest BCUT2D eigenvalue weighted by Crippen LogP contribution is 2.34. The minimum absolute atomic E-state index is 0.0578. The smallest absolute Gasteiger partial charge is 0.264 e. The molecule has 0 aliphatic carbocycles. The van der Waals surface area contributed by atoms with Gasteiger partial charge in [0, 0.05) is 7.05 Å². The van der Waals surface area contributed by atoms with Gasteiger partial charge in [-0.3, -0.25) is 4.79 Å². The summed E-state index contributed by atoms with van der Waals surface area (Å²) in [5.41, 5.74) is 1.70. The fourth-order valence-electron chi connectivity index (χ4n) is 1.91. The predicted molar refractivity (Wildman–Crippen MR) is 64.0 cm³/mol. The first kappa shape index (κ1) is 11.5. The van der Waals surface area contributed by atoms with Crippen molar-refractivity contribution >= 4 is 11.6 Å². The molecule has 1 aromatic rings. The lowest BCUT2D eigenvalue weighted by molar-refractivity contribution is -0.120. The van der Waals surface area contributed by atoms with E-state index in [4.69, 9.17) is 10.00 Å². The number of benzene rings is 1. The summed E-state index contributed by atoms with van der Waals surface area (Å²) in [5.74, 6) is 0.503. The van der Waals surface area contributed by atoms with E-state index in [9.17, 15) is 4.79 Å². The van der Waals surface area contributed by atoms with Gasteiger partial charge in [0.25, 0.3) is 5.91 Å². The molecule has 0 N–H and O–H groups in total. The van der Waals surface area contributed by atoms with Crippen LogP contribution in [0.1, 0.15) is 24.8 Å². The second-order valence-corrected chi connectivity index (χ2v) is 4.06. The Labute approximate surface area is 100 Å². The predicted octanol–water partition coefficient (Wildman–Crippen LogP) is 2.06. The van der Waals surface area contributed by atoms with Crippen molar-refractivity contribution in [2.45, 2.75) is 19.3 Å². The molecule has 1 heterocycles. The maximum atomic E-state index is 11.4. The van der Waals surface area contributed by atoms with Crippen molar-refractivity contribution in [3.05, 3.63) is 23.8 Å². The lowest BCUT2D eigenvalue weighted by Crippen LogP contribution is -2.35. The summed E-state index contributed by atoms with van der Waals surface area (Å²) < 4.78 is 5.39. The van der Waals surface area contributed by atoms with Crippen LogP contribution in [0.15, 0.2) is 18.2 Å². The summed E-state index contributed by atoms with van der Waals surface area (Å²) in [6.45, 7) is 2.04. The summed E-state index contributed by atoms with van der Waals surface area (Å²) in [6.07, 6.45) is 0.768. The van der Waals surface area contributed by atoms with E-state index in [-0.39, 0.29) is 18.4 Å². The van der Waals surface area contributed by atoms with Crippen LogP contribution in [0.2, 0.25) is 0 Å². The summed E-state index contributed by atoms with van der Waals surface area (Å²) in [7, 11) is 1.73. The second-order valence-electron chi connectivity index (χ2n) is 4.06. The van der Waals surface area contributed by atoms with Gasteiger partial charge in [-0.2, -0.15) is 5.26 Å². The quantitative estimate of drug-likeness (QED) is 0.781. The van der Waals surface area contributed by atoms with Crippen LogP contribution in [0.4, 0.5) is 5.69 Å². The summed E-state index contributed by atoms with van der Waals surface area (Å²) in [6, 6.07) is 7.83. The number of rotatable bonds is 2. The lowest BCUT2D eigenvalue weighted by atomic mass is 9.97. The average Bonchev–Trinajstić information content (AvgIpc) is 2.35. The fourth-order valence-corrected chi connectivity index (χ4v) is 1.91. The van der Waals surface area contributed by atoms with Gasteiger partial charge in [0.2, 0.25) is 0 Å². The highest BCUT2D eigenvalue weighted by atomic mass is 16.5. The highest BCUT2D eigenvalue weighted by molar-refractivity contribution is 5.97. The van der Waals surface area contributed by atoms with Crippen LogP contribution in [-0.4, -0.2) is 19.6 Å². The number of nitriles is 1. The molecule has 88 valence electrons. The number of carbonyl (C=O) groups is 1. The topological polar surface area (TPSA) is 53.3 Å². The average molecular weight is 230 g/mol. The fraction of sp³-hybridized carbons (Fsp3) is 0.385. The molecule has 1 unspecified atom stereocenters. The largest absolute Gasteiger partial charge is 0.482 e. The van der Waals surface area contributed by atoms with Crippen molar-refractivity contribution in [2.75, 3.05) is 18.6 Å². The van der Waals surface area contributed by atoms with Crippen LogP contribution < -0.4 is 9.64 Å². The Balaban J connectivity index is 2.39. The van der Waals surface area contributed by atoms with E-state index in [1.807, 2.05) is 25.1 Å². The van der Waals surface area contributed by atoms with Gasteiger partial charge in [0.1, 0.15) is 5.75 Å². The normalized spacial score (nSPS) is 15.8. The standard InChI is InChI=1S/C13H14N2O2/c1-3-9(7-14)10-4-5-11-12(6-10)17-8-13(16)15(11)2/h4-6,9H,3,8H2,1-2H3. The minimum atomic E-state index is -0.119. The second kappa shape index (κ2) is 4.46. The molecule has 17 heavy (non-hydrogen) atoms. The third kappa shape index (κ3) is 1.96. The number of fused-ring (bicyclic) bond motifs is 1. The maximum Gasteiger partial charge on any atom is 0.264 e. The molecule has 1 aliphatic rings. The van der Waals surface area contributed by atoms with Crippen LogP contribution in [-0.2, 0) is 4.79 Å². The zero-order chi connectivity index (χ0) is 12.4. The molecule has 0 saturated heterocycles.